The average molecular weight is 271 g/mol. The van der Waals surface area contributed by atoms with Gasteiger partial charge in [-0.2, -0.15) is 15.0 Å². The molecule has 6 heteroatoms. The van der Waals surface area contributed by atoms with Crippen LogP contribution in [0.2, 0.25) is 0 Å². The SMILES string of the molecule is CNc1nc(-c2cccc3c2OCC3)nc(N(C)C)n1. The highest BCUT2D eigenvalue weighted by molar-refractivity contribution is 5.69. The summed E-state index contributed by atoms with van der Waals surface area (Å²) in [6.45, 7) is 0.719. The Morgan fingerprint density at radius 3 is 2.80 bits per heavy atom. The zero-order valence-electron chi connectivity index (χ0n) is 11.8. The summed E-state index contributed by atoms with van der Waals surface area (Å²) in [4.78, 5) is 15.1. The molecule has 1 aromatic carbocycles. The molecule has 1 aromatic heterocycles. The predicted molar refractivity (Wildman–Crippen MR) is 78.3 cm³/mol. The number of ether oxygens (including phenoxy) is 1. The van der Waals surface area contributed by atoms with Crippen molar-refractivity contribution in [1.82, 2.24) is 15.0 Å². The summed E-state index contributed by atoms with van der Waals surface area (Å²) < 4.78 is 5.72. The smallest absolute Gasteiger partial charge is 0.230 e. The van der Waals surface area contributed by atoms with Crippen LogP contribution in [0.1, 0.15) is 5.56 Å². The summed E-state index contributed by atoms with van der Waals surface area (Å²) in [7, 11) is 5.61. The Kier molecular flexibility index (Phi) is 3.14. The van der Waals surface area contributed by atoms with E-state index in [0.29, 0.717) is 17.7 Å². The summed E-state index contributed by atoms with van der Waals surface area (Å²) in [5, 5.41) is 2.97. The van der Waals surface area contributed by atoms with Crippen LogP contribution in [0, 0.1) is 0 Å². The second-order valence-electron chi connectivity index (χ2n) is 4.82. The number of rotatable bonds is 3. The summed E-state index contributed by atoms with van der Waals surface area (Å²) in [6.07, 6.45) is 0.938. The molecular formula is C14H17N5O. The monoisotopic (exact) mass is 271 g/mol. The summed E-state index contributed by atoms with van der Waals surface area (Å²) in [6, 6.07) is 6.08. The maximum Gasteiger partial charge on any atom is 0.230 e. The van der Waals surface area contributed by atoms with Crippen molar-refractivity contribution in [3.8, 4) is 17.1 Å². The molecular weight excluding hydrogens is 254 g/mol. The lowest BCUT2D eigenvalue weighted by Crippen LogP contribution is -2.15. The molecule has 0 radical (unpaired) electrons. The number of hydrogen-bond donors (Lipinski definition) is 1. The molecule has 1 aliphatic rings. The Hall–Kier alpha value is -2.37. The Morgan fingerprint density at radius 1 is 1.20 bits per heavy atom. The van der Waals surface area contributed by atoms with E-state index in [1.165, 1.54) is 5.56 Å². The third-order valence-corrected chi connectivity index (χ3v) is 3.20. The van der Waals surface area contributed by atoms with Gasteiger partial charge in [0.2, 0.25) is 11.9 Å². The van der Waals surface area contributed by atoms with E-state index < -0.39 is 0 Å². The normalized spacial score (nSPS) is 12.8. The first-order valence-electron chi connectivity index (χ1n) is 6.55. The zero-order valence-corrected chi connectivity index (χ0v) is 11.8. The van der Waals surface area contributed by atoms with Crippen LogP contribution in [0.4, 0.5) is 11.9 Å². The Balaban J connectivity index is 2.15. The molecule has 2 aromatic rings. The molecule has 6 nitrogen and oxygen atoms in total. The van der Waals surface area contributed by atoms with E-state index in [-0.39, 0.29) is 0 Å². The van der Waals surface area contributed by atoms with Crippen molar-refractivity contribution in [2.75, 3.05) is 38.0 Å². The second-order valence-corrected chi connectivity index (χ2v) is 4.82. The number of nitrogens with zero attached hydrogens (tertiary/aromatic N) is 4. The van der Waals surface area contributed by atoms with Gasteiger partial charge < -0.3 is 15.0 Å². The van der Waals surface area contributed by atoms with E-state index in [9.17, 15) is 0 Å². The van der Waals surface area contributed by atoms with Crippen LogP contribution in [0.15, 0.2) is 18.2 Å². The van der Waals surface area contributed by atoms with Gasteiger partial charge >= 0.3 is 0 Å². The van der Waals surface area contributed by atoms with Gasteiger partial charge in [-0.1, -0.05) is 12.1 Å². The van der Waals surface area contributed by atoms with Crippen molar-refractivity contribution in [1.29, 1.82) is 0 Å². The van der Waals surface area contributed by atoms with Gasteiger partial charge in [0.25, 0.3) is 0 Å². The maximum atomic E-state index is 5.72. The van der Waals surface area contributed by atoms with Crippen LogP contribution < -0.4 is 15.0 Å². The van der Waals surface area contributed by atoms with E-state index >= 15 is 0 Å². The van der Waals surface area contributed by atoms with Crippen LogP contribution >= 0.6 is 0 Å². The van der Waals surface area contributed by atoms with Crippen molar-refractivity contribution >= 4 is 11.9 Å². The van der Waals surface area contributed by atoms with E-state index in [2.05, 4.69) is 26.3 Å². The van der Waals surface area contributed by atoms with Gasteiger partial charge in [-0.15, -0.1) is 0 Å². The Labute approximate surface area is 117 Å². The second kappa shape index (κ2) is 4.96. The van der Waals surface area contributed by atoms with Crippen molar-refractivity contribution in [2.45, 2.75) is 6.42 Å². The number of fused-ring (bicyclic) bond motifs is 1. The molecule has 0 bridgehead atoms. The fourth-order valence-electron chi connectivity index (χ4n) is 2.19. The number of anilines is 2. The highest BCUT2D eigenvalue weighted by atomic mass is 16.5. The molecule has 1 aliphatic heterocycles. The van der Waals surface area contributed by atoms with Crippen LogP contribution in [-0.2, 0) is 6.42 Å². The minimum absolute atomic E-state index is 0.550. The van der Waals surface area contributed by atoms with E-state index in [0.717, 1.165) is 24.3 Å². The van der Waals surface area contributed by atoms with Crippen molar-refractivity contribution in [3.05, 3.63) is 23.8 Å². The summed E-state index contributed by atoms with van der Waals surface area (Å²) in [5.41, 5.74) is 2.13. The highest BCUT2D eigenvalue weighted by Gasteiger charge is 2.20. The molecule has 0 aliphatic carbocycles. The number of hydrogen-bond acceptors (Lipinski definition) is 6. The average Bonchev–Trinajstić information content (AvgIpc) is 2.94. The van der Waals surface area contributed by atoms with Crippen molar-refractivity contribution in [3.63, 3.8) is 0 Å². The number of benzene rings is 1. The fourth-order valence-corrected chi connectivity index (χ4v) is 2.19. The molecule has 3 rings (SSSR count). The minimum atomic E-state index is 0.550. The van der Waals surface area contributed by atoms with E-state index in [4.69, 9.17) is 4.74 Å². The van der Waals surface area contributed by atoms with Gasteiger partial charge in [0.05, 0.1) is 12.2 Å². The first kappa shape index (κ1) is 12.7. The highest BCUT2D eigenvalue weighted by Crippen LogP contribution is 2.35. The summed E-state index contributed by atoms with van der Waals surface area (Å²) in [5.74, 6) is 2.70. The number of nitrogens with one attached hydrogen (secondary N) is 1. The lowest BCUT2D eigenvalue weighted by molar-refractivity contribution is 0.358. The topological polar surface area (TPSA) is 63.2 Å². The first-order chi connectivity index (χ1) is 9.69. The van der Waals surface area contributed by atoms with Crippen LogP contribution in [-0.4, -0.2) is 42.7 Å². The van der Waals surface area contributed by atoms with Crippen LogP contribution in [0.5, 0.6) is 5.75 Å². The van der Waals surface area contributed by atoms with Gasteiger partial charge in [-0.25, -0.2) is 0 Å². The fraction of sp³-hybridized carbons (Fsp3) is 0.357. The van der Waals surface area contributed by atoms with E-state index in [1.54, 1.807) is 7.05 Å². The predicted octanol–water partition coefficient (Wildman–Crippen LogP) is 1.58. The zero-order chi connectivity index (χ0) is 14.1. The number of aromatic nitrogens is 3. The standard InChI is InChI=1S/C14H17N5O/c1-15-13-16-12(17-14(18-13)19(2)3)10-6-4-5-9-7-8-20-11(9)10/h4-6H,7-8H2,1-3H3,(H,15,16,17,18). The molecule has 0 fully saturated rings. The van der Waals surface area contributed by atoms with Crippen LogP contribution in [0.3, 0.4) is 0 Å². The molecule has 0 atom stereocenters. The molecule has 104 valence electrons. The Bertz CT molecular complexity index is 641. The summed E-state index contributed by atoms with van der Waals surface area (Å²) >= 11 is 0. The minimum Gasteiger partial charge on any atom is -0.492 e. The third-order valence-electron chi connectivity index (χ3n) is 3.20. The lowest BCUT2D eigenvalue weighted by atomic mass is 10.1. The molecule has 1 N–H and O–H groups in total. The van der Waals surface area contributed by atoms with Gasteiger partial charge in [-0.3, -0.25) is 0 Å². The quantitative estimate of drug-likeness (QED) is 0.914. The molecule has 0 unspecified atom stereocenters. The van der Waals surface area contributed by atoms with Gasteiger partial charge in [0.1, 0.15) is 5.75 Å². The third kappa shape index (κ3) is 2.13. The Morgan fingerprint density at radius 2 is 2.05 bits per heavy atom. The number of para-hydroxylation sites is 1. The lowest BCUT2D eigenvalue weighted by Gasteiger charge is -2.13. The largest absolute Gasteiger partial charge is 0.492 e. The van der Waals surface area contributed by atoms with Gasteiger partial charge in [0.15, 0.2) is 5.82 Å². The molecule has 20 heavy (non-hydrogen) atoms. The van der Waals surface area contributed by atoms with Gasteiger partial charge in [-0.05, 0) is 11.6 Å². The first-order valence-corrected chi connectivity index (χ1v) is 6.55. The van der Waals surface area contributed by atoms with Gasteiger partial charge in [0, 0.05) is 27.6 Å². The maximum absolute atomic E-state index is 5.72. The van der Waals surface area contributed by atoms with Crippen molar-refractivity contribution < 1.29 is 4.74 Å². The van der Waals surface area contributed by atoms with Crippen molar-refractivity contribution in [2.24, 2.45) is 0 Å². The molecule has 0 spiro atoms. The molecule has 2 heterocycles. The molecule has 0 saturated heterocycles. The molecule has 0 saturated carbocycles. The van der Waals surface area contributed by atoms with Crippen LogP contribution in [0.25, 0.3) is 11.4 Å². The molecule has 0 amide bonds. The van der Waals surface area contributed by atoms with E-state index in [1.807, 2.05) is 31.1 Å².